The Morgan fingerprint density at radius 3 is 2.50 bits per heavy atom. The lowest BCUT2D eigenvalue weighted by atomic mass is 9.95. The molecule has 0 atom stereocenters. The van der Waals surface area contributed by atoms with E-state index in [1.807, 2.05) is 36.9 Å². The molecule has 0 spiro atoms. The Hall–Kier alpha value is -3.18. The predicted molar refractivity (Wildman–Crippen MR) is 119 cm³/mol. The van der Waals surface area contributed by atoms with Gasteiger partial charge in [0.05, 0.1) is 6.61 Å². The summed E-state index contributed by atoms with van der Waals surface area (Å²) in [5, 5.41) is 5.07. The standard InChI is InChI=1S/C23H20N2O3.C2H6/c26-21-14-28-11-10-25(21)13-16-6-4-15(5-7-16)12-17-8-9-20-22-18(17)2-1-3-19(22)23(27)24-20;1-2/h1-9H,10-14H2,(H,24,27);1-2H3. The van der Waals surface area contributed by atoms with Gasteiger partial charge in [0, 0.05) is 29.7 Å². The van der Waals surface area contributed by atoms with Crippen molar-refractivity contribution in [1.29, 1.82) is 0 Å². The summed E-state index contributed by atoms with van der Waals surface area (Å²) >= 11 is 0. The molecule has 5 heteroatoms. The van der Waals surface area contributed by atoms with Crippen LogP contribution >= 0.6 is 0 Å². The highest BCUT2D eigenvalue weighted by molar-refractivity contribution is 6.24. The first kappa shape index (κ1) is 20.1. The van der Waals surface area contributed by atoms with Gasteiger partial charge in [-0.1, -0.05) is 56.3 Å². The number of carbonyl (C=O) groups excluding carboxylic acids is 2. The van der Waals surface area contributed by atoms with Crippen LogP contribution in [0.2, 0.25) is 0 Å². The number of rotatable bonds is 4. The van der Waals surface area contributed by atoms with Gasteiger partial charge in [-0.25, -0.2) is 0 Å². The van der Waals surface area contributed by atoms with Crippen molar-refractivity contribution in [2.75, 3.05) is 25.1 Å². The minimum Gasteiger partial charge on any atom is -0.370 e. The number of hydrogen-bond acceptors (Lipinski definition) is 3. The lowest BCUT2D eigenvalue weighted by Crippen LogP contribution is -2.40. The normalized spacial score (nSPS) is 15.1. The molecule has 2 aliphatic heterocycles. The molecule has 0 bridgehead atoms. The van der Waals surface area contributed by atoms with E-state index in [-0.39, 0.29) is 18.4 Å². The van der Waals surface area contributed by atoms with E-state index in [0.29, 0.717) is 19.7 Å². The van der Waals surface area contributed by atoms with E-state index < -0.39 is 0 Å². The lowest BCUT2D eigenvalue weighted by molar-refractivity contribution is -0.143. The smallest absolute Gasteiger partial charge is 0.256 e. The molecular formula is C25H26N2O3. The van der Waals surface area contributed by atoms with Crippen LogP contribution in [0.3, 0.4) is 0 Å². The predicted octanol–water partition coefficient (Wildman–Crippen LogP) is 4.38. The third kappa shape index (κ3) is 3.81. The summed E-state index contributed by atoms with van der Waals surface area (Å²) in [6.45, 7) is 6.05. The number of carbonyl (C=O) groups is 2. The second-order valence-electron chi connectivity index (χ2n) is 7.32. The molecule has 1 N–H and O–H groups in total. The third-order valence-electron chi connectivity index (χ3n) is 5.50. The first-order valence-corrected chi connectivity index (χ1v) is 10.5. The van der Waals surface area contributed by atoms with E-state index in [1.165, 1.54) is 11.1 Å². The molecule has 5 nitrogen and oxygen atoms in total. The van der Waals surface area contributed by atoms with Gasteiger partial charge < -0.3 is 15.0 Å². The maximum absolute atomic E-state index is 12.1. The van der Waals surface area contributed by atoms with Crippen LogP contribution in [0, 0.1) is 0 Å². The van der Waals surface area contributed by atoms with Gasteiger partial charge in [0.15, 0.2) is 0 Å². The van der Waals surface area contributed by atoms with E-state index in [0.717, 1.165) is 34.0 Å². The minimum atomic E-state index is -0.0280. The van der Waals surface area contributed by atoms with Crippen LogP contribution in [-0.4, -0.2) is 36.5 Å². The van der Waals surface area contributed by atoms with E-state index in [9.17, 15) is 9.59 Å². The van der Waals surface area contributed by atoms with Gasteiger partial charge in [-0.3, -0.25) is 9.59 Å². The van der Waals surface area contributed by atoms with Gasteiger partial charge in [0.1, 0.15) is 6.61 Å². The van der Waals surface area contributed by atoms with Crippen molar-refractivity contribution in [3.8, 4) is 0 Å². The van der Waals surface area contributed by atoms with Gasteiger partial charge in [-0.2, -0.15) is 0 Å². The van der Waals surface area contributed by atoms with Crippen LogP contribution in [0.1, 0.15) is 40.9 Å². The van der Waals surface area contributed by atoms with Gasteiger partial charge in [0.25, 0.3) is 5.91 Å². The second kappa shape index (κ2) is 8.67. The number of amides is 2. The number of nitrogens with zero attached hydrogens (tertiary/aromatic N) is 1. The lowest BCUT2D eigenvalue weighted by Gasteiger charge is -2.26. The maximum Gasteiger partial charge on any atom is 0.256 e. The molecule has 0 unspecified atom stereocenters. The van der Waals surface area contributed by atoms with Crippen LogP contribution in [0.5, 0.6) is 0 Å². The Kier molecular flexibility index (Phi) is 5.81. The number of morpholine rings is 1. The maximum atomic E-state index is 12.1. The van der Waals surface area contributed by atoms with Gasteiger partial charge in [-0.05, 0) is 40.6 Å². The molecule has 0 saturated carbocycles. The Morgan fingerprint density at radius 1 is 0.967 bits per heavy atom. The Morgan fingerprint density at radius 2 is 1.73 bits per heavy atom. The van der Waals surface area contributed by atoms with Crippen molar-refractivity contribution < 1.29 is 14.3 Å². The first-order valence-electron chi connectivity index (χ1n) is 10.5. The molecule has 0 aliphatic carbocycles. The molecule has 2 aliphatic rings. The zero-order valence-corrected chi connectivity index (χ0v) is 17.4. The van der Waals surface area contributed by atoms with Crippen molar-refractivity contribution in [3.63, 3.8) is 0 Å². The Bertz CT molecular complexity index is 1090. The van der Waals surface area contributed by atoms with Crippen LogP contribution in [0.4, 0.5) is 5.69 Å². The molecule has 3 aromatic carbocycles. The molecule has 154 valence electrons. The summed E-state index contributed by atoms with van der Waals surface area (Å²) < 4.78 is 5.18. The number of hydrogen-bond donors (Lipinski definition) is 1. The van der Waals surface area contributed by atoms with Crippen molar-refractivity contribution in [2.24, 2.45) is 0 Å². The summed E-state index contributed by atoms with van der Waals surface area (Å²) in [4.78, 5) is 25.8. The number of nitrogens with one attached hydrogen (secondary N) is 1. The van der Waals surface area contributed by atoms with E-state index in [2.05, 4.69) is 41.7 Å². The molecule has 1 saturated heterocycles. The number of benzene rings is 3. The van der Waals surface area contributed by atoms with Crippen molar-refractivity contribution in [2.45, 2.75) is 26.8 Å². The SMILES string of the molecule is CC.O=C1Nc2ccc(Cc3ccc(CN4CCOCC4=O)cc3)c3cccc1c23. The molecule has 30 heavy (non-hydrogen) atoms. The summed E-state index contributed by atoms with van der Waals surface area (Å²) in [5.41, 5.74) is 5.17. The number of anilines is 1. The Balaban J connectivity index is 0.00000106. The monoisotopic (exact) mass is 402 g/mol. The van der Waals surface area contributed by atoms with Crippen LogP contribution in [-0.2, 0) is 22.5 Å². The van der Waals surface area contributed by atoms with Crippen molar-refractivity contribution >= 4 is 28.3 Å². The van der Waals surface area contributed by atoms with Gasteiger partial charge in [0.2, 0.25) is 5.91 Å². The van der Waals surface area contributed by atoms with E-state index in [4.69, 9.17) is 4.74 Å². The fourth-order valence-corrected chi connectivity index (χ4v) is 4.02. The van der Waals surface area contributed by atoms with E-state index >= 15 is 0 Å². The molecule has 3 aromatic rings. The van der Waals surface area contributed by atoms with Crippen LogP contribution in [0.25, 0.3) is 10.8 Å². The largest absolute Gasteiger partial charge is 0.370 e. The fourth-order valence-electron chi connectivity index (χ4n) is 4.02. The molecule has 0 aromatic heterocycles. The van der Waals surface area contributed by atoms with Crippen molar-refractivity contribution in [1.82, 2.24) is 4.90 Å². The zero-order valence-electron chi connectivity index (χ0n) is 17.4. The minimum absolute atomic E-state index is 0.0280. The van der Waals surface area contributed by atoms with Crippen molar-refractivity contribution in [3.05, 3.63) is 76.9 Å². The first-order chi connectivity index (χ1) is 14.7. The van der Waals surface area contributed by atoms with Gasteiger partial charge in [-0.15, -0.1) is 0 Å². The highest BCUT2D eigenvalue weighted by atomic mass is 16.5. The molecule has 2 amide bonds. The molecule has 5 rings (SSSR count). The second-order valence-corrected chi connectivity index (χ2v) is 7.32. The summed E-state index contributed by atoms with van der Waals surface area (Å²) in [6, 6.07) is 18.4. The summed E-state index contributed by atoms with van der Waals surface area (Å²) in [7, 11) is 0. The topological polar surface area (TPSA) is 58.6 Å². The number of ether oxygens (including phenoxy) is 1. The highest BCUT2D eigenvalue weighted by Crippen LogP contribution is 2.35. The molecule has 1 fully saturated rings. The molecule has 2 heterocycles. The highest BCUT2D eigenvalue weighted by Gasteiger charge is 2.22. The van der Waals surface area contributed by atoms with Gasteiger partial charge >= 0.3 is 0 Å². The quantitative estimate of drug-likeness (QED) is 0.705. The average Bonchev–Trinajstić information content (AvgIpc) is 3.11. The average molecular weight is 402 g/mol. The van der Waals surface area contributed by atoms with Crippen LogP contribution in [0.15, 0.2) is 54.6 Å². The fraction of sp³-hybridized carbons (Fsp3) is 0.280. The molecule has 0 radical (unpaired) electrons. The molecular weight excluding hydrogens is 376 g/mol. The zero-order chi connectivity index (χ0) is 21.1. The Labute approximate surface area is 176 Å². The third-order valence-corrected chi connectivity index (χ3v) is 5.50. The summed E-state index contributed by atoms with van der Waals surface area (Å²) in [6.07, 6.45) is 0.797. The van der Waals surface area contributed by atoms with Crippen LogP contribution < -0.4 is 5.32 Å². The summed E-state index contributed by atoms with van der Waals surface area (Å²) in [5.74, 6) is 0.0196. The van der Waals surface area contributed by atoms with E-state index in [1.54, 1.807) is 0 Å².